The maximum Gasteiger partial charge on any atom is 0.244 e. The zero-order valence-electron chi connectivity index (χ0n) is 8.28. The fourth-order valence-corrected chi connectivity index (χ4v) is 2.98. The molecule has 3 rings (SSSR count). The van der Waals surface area contributed by atoms with Crippen molar-refractivity contribution in [2.75, 3.05) is 0 Å². The summed E-state index contributed by atoms with van der Waals surface area (Å²) in [5.74, 6) is 0.884. The third-order valence-electron chi connectivity index (χ3n) is 2.66. The minimum atomic E-state index is -0.620. The second kappa shape index (κ2) is 3.60. The van der Waals surface area contributed by atoms with Gasteiger partial charge in [0.15, 0.2) is 0 Å². The molecule has 0 spiro atoms. The normalized spacial score (nSPS) is 15.9. The van der Waals surface area contributed by atoms with Crippen molar-refractivity contribution in [1.29, 1.82) is 0 Å². The highest BCUT2D eigenvalue weighted by molar-refractivity contribution is 9.24. The highest BCUT2D eigenvalue weighted by Crippen LogP contribution is 2.51. The Labute approximate surface area is 111 Å². The van der Waals surface area contributed by atoms with Crippen molar-refractivity contribution in [3.63, 3.8) is 0 Å². The third kappa shape index (κ3) is 1.50. The summed E-state index contributed by atoms with van der Waals surface area (Å²) in [4.78, 5) is 0. The van der Waals surface area contributed by atoms with Gasteiger partial charge in [0.25, 0.3) is 0 Å². The number of ether oxygens (including phenoxy) is 1. The van der Waals surface area contributed by atoms with Crippen molar-refractivity contribution in [2.24, 2.45) is 0 Å². The van der Waals surface area contributed by atoms with Gasteiger partial charge in [0.1, 0.15) is 5.75 Å². The van der Waals surface area contributed by atoms with Gasteiger partial charge in [-0.05, 0) is 43.5 Å². The van der Waals surface area contributed by atoms with Gasteiger partial charge in [0.2, 0.25) is 3.42 Å². The highest BCUT2D eigenvalue weighted by Gasteiger charge is 2.35. The smallest absolute Gasteiger partial charge is 0.244 e. The first kappa shape index (κ1) is 10.4. The van der Waals surface area contributed by atoms with Crippen LogP contribution in [0.1, 0.15) is 5.56 Å². The molecule has 0 saturated heterocycles. The molecular formula is C13H8Br2O. The van der Waals surface area contributed by atoms with Crippen LogP contribution in [0.25, 0.3) is 11.1 Å². The van der Waals surface area contributed by atoms with E-state index in [1.807, 2.05) is 30.3 Å². The van der Waals surface area contributed by atoms with Gasteiger partial charge in [-0.3, -0.25) is 0 Å². The lowest BCUT2D eigenvalue weighted by Gasteiger charge is -2.31. The molecule has 0 aromatic heterocycles. The van der Waals surface area contributed by atoms with E-state index in [0.29, 0.717) is 0 Å². The van der Waals surface area contributed by atoms with Crippen molar-refractivity contribution >= 4 is 31.9 Å². The molecule has 0 N–H and O–H groups in total. The average Bonchev–Trinajstić information content (AvgIpc) is 2.29. The Bertz CT molecular complexity index is 549. The number of rotatable bonds is 0. The molecule has 0 unspecified atom stereocenters. The van der Waals surface area contributed by atoms with Crippen LogP contribution < -0.4 is 4.74 Å². The predicted molar refractivity (Wildman–Crippen MR) is 72.0 cm³/mol. The summed E-state index contributed by atoms with van der Waals surface area (Å²) < 4.78 is 5.26. The van der Waals surface area contributed by atoms with E-state index in [0.717, 1.165) is 16.9 Å². The van der Waals surface area contributed by atoms with Crippen LogP contribution in [-0.4, -0.2) is 0 Å². The van der Waals surface area contributed by atoms with Gasteiger partial charge in [0, 0.05) is 11.1 Å². The number of hydrogen-bond acceptors (Lipinski definition) is 1. The van der Waals surface area contributed by atoms with Crippen molar-refractivity contribution < 1.29 is 4.74 Å². The van der Waals surface area contributed by atoms with Crippen LogP contribution in [0.3, 0.4) is 0 Å². The molecule has 0 radical (unpaired) electrons. The molecule has 2 aromatic carbocycles. The topological polar surface area (TPSA) is 9.23 Å². The fourth-order valence-electron chi connectivity index (χ4n) is 1.94. The summed E-state index contributed by atoms with van der Waals surface area (Å²) in [6, 6.07) is 16.2. The second-order valence-corrected chi connectivity index (χ2v) is 6.96. The van der Waals surface area contributed by atoms with E-state index in [-0.39, 0.29) is 0 Å². The van der Waals surface area contributed by atoms with Crippen molar-refractivity contribution in [3.8, 4) is 16.9 Å². The van der Waals surface area contributed by atoms with E-state index in [4.69, 9.17) is 4.74 Å². The summed E-state index contributed by atoms with van der Waals surface area (Å²) in [6.07, 6.45) is 0. The van der Waals surface area contributed by atoms with E-state index in [1.165, 1.54) is 5.56 Å². The summed E-state index contributed by atoms with van der Waals surface area (Å²) in [6.45, 7) is 0. The minimum absolute atomic E-state index is 0.620. The zero-order valence-corrected chi connectivity index (χ0v) is 11.5. The predicted octanol–water partition coefficient (Wildman–Crippen LogP) is 4.65. The molecule has 3 heteroatoms. The number of para-hydroxylation sites is 1. The fraction of sp³-hybridized carbons (Fsp3) is 0.0769. The van der Waals surface area contributed by atoms with Crippen molar-refractivity contribution in [2.45, 2.75) is 3.42 Å². The van der Waals surface area contributed by atoms with E-state index in [9.17, 15) is 0 Å². The van der Waals surface area contributed by atoms with Gasteiger partial charge < -0.3 is 4.74 Å². The average molecular weight is 340 g/mol. The molecule has 0 fully saturated rings. The summed E-state index contributed by atoms with van der Waals surface area (Å²) >= 11 is 7.11. The molecule has 2 aromatic rings. The first-order valence-electron chi connectivity index (χ1n) is 4.94. The number of hydrogen-bond donors (Lipinski definition) is 0. The molecule has 1 aliphatic rings. The minimum Gasteiger partial charge on any atom is -0.461 e. The largest absolute Gasteiger partial charge is 0.461 e. The number of fused-ring (bicyclic) bond motifs is 3. The number of halogens is 2. The van der Waals surface area contributed by atoms with E-state index >= 15 is 0 Å². The van der Waals surface area contributed by atoms with Crippen LogP contribution in [0.15, 0.2) is 48.5 Å². The van der Waals surface area contributed by atoms with Crippen molar-refractivity contribution in [3.05, 3.63) is 54.1 Å². The zero-order chi connectivity index (χ0) is 11.2. The molecule has 0 amide bonds. The lowest BCUT2D eigenvalue weighted by molar-refractivity contribution is 0.272. The Morgan fingerprint density at radius 1 is 0.812 bits per heavy atom. The molecule has 0 bridgehead atoms. The molecule has 0 atom stereocenters. The molecule has 1 nitrogen and oxygen atoms in total. The van der Waals surface area contributed by atoms with Crippen LogP contribution in [0, 0.1) is 0 Å². The quantitative estimate of drug-likeness (QED) is 0.635. The Morgan fingerprint density at radius 3 is 2.25 bits per heavy atom. The first-order valence-corrected chi connectivity index (χ1v) is 6.53. The highest BCUT2D eigenvalue weighted by atomic mass is 79.9. The van der Waals surface area contributed by atoms with Gasteiger partial charge >= 0.3 is 0 Å². The van der Waals surface area contributed by atoms with E-state index < -0.39 is 3.42 Å². The molecular weight excluding hydrogens is 332 g/mol. The second-order valence-electron chi connectivity index (χ2n) is 3.66. The monoisotopic (exact) mass is 338 g/mol. The SMILES string of the molecule is BrC1(Br)Oc2ccccc2-c2ccccc21. The van der Waals surface area contributed by atoms with Gasteiger partial charge in [-0.2, -0.15) is 0 Å². The molecule has 80 valence electrons. The van der Waals surface area contributed by atoms with Gasteiger partial charge in [-0.25, -0.2) is 0 Å². The Hall–Kier alpha value is -0.800. The Morgan fingerprint density at radius 2 is 1.44 bits per heavy atom. The van der Waals surface area contributed by atoms with Gasteiger partial charge in [-0.15, -0.1) is 0 Å². The first-order chi connectivity index (χ1) is 7.68. The lowest BCUT2D eigenvalue weighted by Crippen LogP contribution is -2.22. The molecule has 1 aliphatic heterocycles. The summed E-state index contributed by atoms with van der Waals surface area (Å²) in [7, 11) is 0. The molecule has 0 saturated carbocycles. The molecule has 16 heavy (non-hydrogen) atoms. The lowest BCUT2D eigenvalue weighted by atomic mass is 9.97. The van der Waals surface area contributed by atoms with Crippen LogP contribution in [-0.2, 0) is 3.42 Å². The van der Waals surface area contributed by atoms with Crippen LogP contribution >= 0.6 is 31.9 Å². The molecule has 0 aliphatic carbocycles. The van der Waals surface area contributed by atoms with Crippen molar-refractivity contribution in [1.82, 2.24) is 0 Å². The maximum absolute atomic E-state index is 5.88. The third-order valence-corrected chi connectivity index (χ3v) is 3.83. The Kier molecular flexibility index (Phi) is 2.33. The van der Waals surface area contributed by atoms with E-state index in [2.05, 4.69) is 50.1 Å². The molecule has 1 heterocycles. The van der Waals surface area contributed by atoms with Gasteiger partial charge in [0.05, 0.1) is 0 Å². The number of alkyl halides is 2. The standard InChI is InChI=1S/C13H8Br2O/c14-13(15)11-7-3-1-5-9(11)10-6-2-4-8-12(10)16-13/h1-8H. The number of benzene rings is 2. The summed E-state index contributed by atoms with van der Waals surface area (Å²) in [5, 5.41) is 0. The van der Waals surface area contributed by atoms with Crippen LogP contribution in [0.2, 0.25) is 0 Å². The van der Waals surface area contributed by atoms with Crippen LogP contribution in [0.4, 0.5) is 0 Å². The van der Waals surface area contributed by atoms with Gasteiger partial charge in [-0.1, -0.05) is 42.5 Å². The maximum atomic E-state index is 5.88. The van der Waals surface area contributed by atoms with Crippen LogP contribution in [0.5, 0.6) is 5.75 Å². The summed E-state index contributed by atoms with van der Waals surface area (Å²) in [5.41, 5.74) is 3.42. The van der Waals surface area contributed by atoms with E-state index in [1.54, 1.807) is 0 Å². The Balaban J connectivity index is 2.33.